The summed E-state index contributed by atoms with van der Waals surface area (Å²) in [6.07, 6.45) is 3.32. The monoisotopic (exact) mass is 445 g/mol. The number of carbonyl (C=O) groups excluding carboxylic acids is 1. The first-order valence-corrected chi connectivity index (χ1v) is 11.1. The van der Waals surface area contributed by atoms with Crippen molar-refractivity contribution in [3.05, 3.63) is 73.8 Å². The van der Waals surface area contributed by atoms with Crippen LogP contribution in [0.1, 0.15) is 33.6 Å². The molecule has 1 fully saturated rings. The van der Waals surface area contributed by atoms with Gasteiger partial charge in [-0.1, -0.05) is 12.1 Å². The van der Waals surface area contributed by atoms with Crippen molar-refractivity contribution in [2.45, 2.75) is 32.4 Å². The molecule has 0 radical (unpaired) electrons. The predicted octanol–water partition coefficient (Wildman–Crippen LogP) is 2.81. The van der Waals surface area contributed by atoms with Gasteiger partial charge >= 0.3 is 0 Å². The number of ether oxygens (including phenoxy) is 1. The number of amides is 1. The van der Waals surface area contributed by atoms with Gasteiger partial charge in [0.25, 0.3) is 11.5 Å². The third kappa shape index (κ3) is 3.43. The van der Waals surface area contributed by atoms with Gasteiger partial charge < -0.3 is 9.30 Å². The van der Waals surface area contributed by atoms with Gasteiger partial charge in [-0.3, -0.25) is 14.0 Å². The fourth-order valence-corrected chi connectivity index (χ4v) is 4.61. The number of thiophene rings is 1. The quantitative estimate of drug-likeness (QED) is 0.451. The van der Waals surface area contributed by atoms with Crippen LogP contribution in [0.4, 0.5) is 0 Å². The normalized spacial score (nSPS) is 16.6. The van der Waals surface area contributed by atoms with Crippen LogP contribution in [0.25, 0.3) is 16.7 Å². The van der Waals surface area contributed by atoms with Crippen LogP contribution < -0.4 is 11.0 Å². The Morgan fingerprint density at radius 2 is 2.25 bits per heavy atom. The number of hydrogen-bond acceptors (Lipinski definition) is 6. The van der Waals surface area contributed by atoms with Crippen LogP contribution in [0.3, 0.4) is 0 Å². The lowest BCUT2D eigenvalue weighted by molar-refractivity contribution is 0.0953. The molecule has 0 saturated carbocycles. The van der Waals surface area contributed by atoms with Crippen molar-refractivity contribution >= 4 is 33.9 Å². The molecule has 4 aromatic heterocycles. The number of pyridine rings is 2. The lowest BCUT2D eigenvalue weighted by atomic mass is 10.2. The highest BCUT2D eigenvalue weighted by atomic mass is 32.1. The van der Waals surface area contributed by atoms with Crippen LogP contribution in [0.2, 0.25) is 0 Å². The van der Waals surface area contributed by atoms with Crippen molar-refractivity contribution in [1.29, 1.82) is 5.26 Å². The Balaban J connectivity index is 1.88. The first-order chi connectivity index (χ1) is 15.6. The average Bonchev–Trinajstić information content (AvgIpc) is 3.50. The van der Waals surface area contributed by atoms with Crippen molar-refractivity contribution < 1.29 is 9.53 Å². The molecule has 0 bridgehead atoms. The van der Waals surface area contributed by atoms with Crippen LogP contribution in [-0.4, -0.2) is 32.6 Å². The van der Waals surface area contributed by atoms with E-state index in [2.05, 4.69) is 11.1 Å². The minimum absolute atomic E-state index is 0.111. The Morgan fingerprint density at radius 1 is 1.38 bits per heavy atom. The summed E-state index contributed by atoms with van der Waals surface area (Å²) in [6.45, 7) is 2.88. The highest BCUT2D eigenvalue weighted by Crippen LogP contribution is 2.18. The molecule has 8 nitrogen and oxygen atoms in total. The first kappa shape index (κ1) is 20.3. The first-order valence-electron chi connectivity index (χ1n) is 10.3. The molecule has 0 unspecified atom stereocenters. The molecule has 4 aromatic rings. The summed E-state index contributed by atoms with van der Waals surface area (Å²) in [4.78, 5) is 35.7. The zero-order chi connectivity index (χ0) is 22.2. The van der Waals surface area contributed by atoms with E-state index in [1.807, 2.05) is 13.0 Å². The average molecular weight is 446 g/mol. The van der Waals surface area contributed by atoms with Gasteiger partial charge in [-0.15, -0.1) is 11.3 Å². The van der Waals surface area contributed by atoms with Crippen LogP contribution >= 0.6 is 11.3 Å². The second kappa shape index (κ2) is 8.15. The van der Waals surface area contributed by atoms with Gasteiger partial charge in [-0.25, -0.2) is 4.98 Å². The largest absolute Gasteiger partial charge is 0.376 e. The summed E-state index contributed by atoms with van der Waals surface area (Å²) in [6, 6.07) is 10.7. The Labute approximate surface area is 186 Å². The maximum atomic E-state index is 13.3. The number of nitrogens with zero attached hydrogens (tertiary/aromatic N) is 5. The van der Waals surface area contributed by atoms with Crippen molar-refractivity contribution in [3.63, 3.8) is 0 Å². The molecule has 9 heteroatoms. The van der Waals surface area contributed by atoms with Crippen LogP contribution in [0.15, 0.2) is 51.7 Å². The van der Waals surface area contributed by atoms with Gasteiger partial charge in [0, 0.05) is 12.8 Å². The van der Waals surface area contributed by atoms with E-state index in [1.54, 1.807) is 34.3 Å². The van der Waals surface area contributed by atoms with Gasteiger partial charge in [0.1, 0.15) is 17.4 Å². The second-order valence-electron chi connectivity index (χ2n) is 7.67. The zero-order valence-corrected chi connectivity index (χ0v) is 18.1. The Bertz CT molecular complexity index is 1520. The second-order valence-corrected chi connectivity index (χ2v) is 8.62. The topological polar surface area (TPSA) is 102 Å². The molecule has 1 amide bonds. The Kier molecular flexibility index (Phi) is 5.17. The highest BCUT2D eigenvalue weighted by molar-refractivity contribution is 7.12. The molecule has 32 heavy (non-hydrogen) atoms. The van der Waals surface area contributed by atoms with Gasteiger partial charge in [-0.2, -0.15) is 10.3 Å². The minimum Gasteiger partial charge on any atom is -0.376 e. The Morgan fingerprint density at radius 3 is 2.97 bits per heavy atom. The molecule has 0 N–H and O–H groups in total. The molecule has 0 aromatic carbocycles. The minimum atomic E-state index is -0.439. The SMILES string of the molecule is Cc1cccn2c(=O)c3cc(C#N)c(=NC(=O)c4cccs4)n(C[C@@H]4CCCO4)c3nc12. The fraction of sp³-hybridized carbons (Fsp3) is 0.261. The van der Waals surface area contributed by atoms with Crippen molar-refractivity contribution in [1.82, 2.24) is 14.0 Å². The highest BCUT2D eigenvalue weighted by Gasteiger charge is 2.21. The molecule has 1 aliphatic rings. The van der Waals surface area contributed by atoms with E-state index in [1.165, 1.54) is 21.8 Å². The summed E-state index contributed by atoms with van der Waals surface area (Å²) in [7, 11) is 0. The summed E-state index contributed by atoms with van der Waals surface area (Å²) >= 11 is 1.28. The summed E-state index contributed by atoms with van der Waals surface area (Å²) in [5.41, 5.74) is 1.81. The fourth-order valence-electron chi connectivity index (χ4n) is 4.01. The van der Waals surface area contributed by atoms with E-state index in [0.717, 1.165) is 18.4 Å². The number of rotatable bonds is 3. The van der Waals surface area contributed by atoms with Gasteiger partial charge in [-0.05, 0) is 48.9 Å². The standard InChI is InChI=1S/C23H19N5O3S/c1-14-5-2-8-27-19(14)25-21-17(23(27)30)11-15(12-24)20(26-22(29)18-7-4-10-32-18)28(21)13-16-6-3-9-31-16/h2,4-5,7-8,10-11,16H,3,6,9,13H2,1H3/t16-/m0/s1. The molecular weight excluding hydrogens is 426 g/mol. The van der Waals surface area contributed by atoms with Gasteiger partial charge in [0.15, 0.2) is 5.49 Å². The number of nitriles is 1. The van der Waals surface area contributed by atoms with Crippen molar-refractivity contribution in [3.8, 4) is 6.07 Å². The van der Waals surface area contributed by atoms with E-state index in [4.69, 9.17) is 9.72 Å². The third-order valence-electron chi connectivity index (χ3n) is 5.58. The Hall–Kier alpha value is -3.61. The molecule has 1 aliphatic heterocycles. The molecule has 0 aliphatic carbocycles. The third-order valence-corrected chi connectivity index (χ3v) is 6.43. The van der Waals surface area contributed by atoms with Gasteiger partial charge in [0.05, 0.1) is 28.5 Å². The number of aromatic nitrogens is 3. The van der Waals surface area contributed by atoms with Crippen molar-refractivity contribution in [2.24, 2.45) is 4.99 Å². The molecule has 160 valence electrons. The maximum absolute atomic E-state index is 13.3. The summed E-state index contributed by atoms with van der Waals surface area (Å²) in [5.74, 6) is -0.439. The molecule has 1 atom stereocenters. The zero-order valence-electron chi connectivity index (χ0n) is 17.3. The van der Waals surface area contributed by atoms with E-state index >= 15 is 0 Å². The summed E-state index contributed by atoms with van der Waals surface area (Å²) < 4.78 is 8.99. The molecule has 1 saturated heterocycles. The number of carbonyl (C=O) groups is 1. The van der Waals surface area contributed by atoms with Gasteiger partial charge in [0.2, 0.25) is 0 Å². The molecule has 0 spiro atoms. The van der Waals surface area contributed by atoms with Crippen LogP contribution in [-0.2, 0) is 11.3 Å². The molecule has 5 rings (SSSR count). The van der Waals surface area contributed by atoms with Crippen LogP contribution in [0, 0.1) is 18.3 Å². The summed E-state index contributed by atoms with van der Waals surface area (Å²) in [5, 5.41) is 12.0. The van der Waals surface area contributed by atoms with E-state index < -0.39 is 5.91 Å². The smallest absolute Gasteiger partial charge is 0.289 e. The molecule has 5 heterocycles. The van der Waals surface area contributed by atoms with Crippen molar-refractivity contribution in [2.75, 3.05) is 6.61 Å². The van der Waals surface area contributed by atoms with Crippen LogP contribution in [0.5, 0.6) is 0 Å². The van der Waals surface area contributed by atoms with E-state index in [9.17, 15) is 14.9 Å². The van der Waals surface area contributed by atoms with E-state index in [-0.39, 0.29) is 22.7 Å². The maximum Gasteiger partial charge on any atom is 0.289 e. The predicted molar refractivity (Wildman–Crippen MR) is 120 cm³/mol. The lowest BCUT2D eigenvalue weighted by Crippen LogP contribution is -2.33. The number of fused-ring (bicyclic) bond motifs is 2. The number of hydrogen-bond donors (Lipinski definition) is 0. The van der Waals surface area contributed by atoms with E-state index in [0.29, 0.717) is 34.7 Å². The molecular formula is C23H19N5O3S. The number of aryl methyl sites for hydroxylation is 1. The lowest BCUT2D eigenvalue weighted by Gasteiger charge is -2.17.